The molecule has 5 N–H and O–H groups in total. The van der Waals surface area contributed by atoms with Crippen LogP contribution in [0.15, 0.2) is 12.1 Å². The maximum Gasteiger partial charge on any atom is 0.346 e. The number of hydrogen-bond donors (Lipinski definition) is 5. The van der Waals surface area contributed by atoms with Gasteiger partial charge in [-0.25, -0.2) is 4.79 Å². The minimum atomic E-state index is -1.71. The van der Waals surface area contributed by atoms with E-state index in [9.17, 15) is 25.2 Å². The van der Waals surface area contributed by atoms with Crippen LogP contribution in [0.4, 0.5) is 0 Å². The van der Waals surface area contributed by atoms with Gasteiger partial charge in [0.2, 0.25) is 6.29 Å². The molecule has 0 radical (unpaired) electrons. The lowest BCUT2D eigenvalue weighted by molar-refractivity contribution is -0.293. The van der Waals surface area contributed by atoms with Crippen LogP contribution >= 0.6 is 23.2 Å². The summed E-state index contributed by atoms with van der Waals surface area (Å²) in [4.78, 5) is 11.8. The lowest BCUT2D eigenvalue weighted by Gasteiger charge is -2.39. The molecule has 2 rings (SSSR count). The fraction of sp³-hybridized carbons (Fsp3) is 0.500. The Balaban J connectivity index is 1.95. The van der Waals surface area contributed by atoms with Gasteiger partial charge in [-0.15, -0.1) is 0 Å². The molecule has 0 saturated carbocycles. The first-order chi connectivity index (χ1) is 11.7. The molecule has 1 aromatic carbocycles. The number of carbonyl (C=O) groups excluding carboxylic acids is 1. The molecule has 5 atom stereocenters. The molecule has 0 unspecified atom stereocenters. The number of ether oxygens (including phenoxy) is 3. The van der Waals surface area contributed by atoms with Crippen LogP contribution in [0.3, 0.4) is 0 Å². The van der Waals surface area contributed by atoms with Crippen LogP contribution in [-0.2, 0) is 14.3 Å². The SMILES string of the molecule is O=C(COc1cc(Cl)c(O)cc1Cl)O[C@H]1O[C@H](CO)[C@@H](O)[C@H](O)[C@H]1O. The molecule has 1 heterocycles. The Hall–Kier alpha value is -1.33. The molecule has 140 valence electrons. The summed E-state index contributed by atoms with van der Waals surface area (Å²) in [6, 6.07) is 2.32. The van der Waals surface area contributed by atoms with Crippen molar-refractivity contribution >= 4 is 29.2 Å². The minimum Gasteiger partial charge on any atom is -0.506 e. The highest BCUT2D eigenvalue weighted by Crippen LogP contribution is 2.34. The van der Waals surface area contributed by atoms with Crippen LogP contribution in [0.1, 0.15) is 0 Å². The summed E-state index contributed by atoms with van der Waals surface area (Å²) in [7, 11) is 0. The summed E-state index contributed by atoms with van der Waals surface area (Å²) < 4.78 is 15.0. The first kappa shape index (κ1) is 20.0. The van der Waals surface area contributed by atoms with E-state index in [2.05, 4.69) is 0 Å². The van der Waals surface area contributed by atoms with Crippen molar-refractivity contribution in [2.45, 2.75) is 30.7 Å². The normalized spacial score (nSPS) is 29.3. The Morgan fingerprint density at radius 3 is 2.44 bits per heavy atom. The van der Waals surface area contributed by atoms with Crippen molar-refractivity contribution < 1.29 is 44.5 Å². The van der Waals surface area contributed by atoms with Gasteiger partial charge in [0.1, 0.15) is 35.9 Å². The second-order valence-corrected chi connectivity index (χ2v) is 6.02. The number of benzene rings is 1. The summed E-state index contributed by atoms with van der Waals surface area (Å²) in [5, 5.41) is 47.4. The predicted molar refractivity (Wildman–Crippen MR) is 83.5 cm³/mol. The van der Waals surface area contributed by atoms with Crippen LogP contribution in [0.5, 0.6) is 11.5 Å². The van der Waals surface area contributed by atoms with E-state index < -0.39 is 49.9 Å². The average molecular weight is 399 g/mol. The quantitative estimate of drug-likeness (QED) is 0.411. The van der Waals surface area contributed by atoms with Crippen molar-refractivity contribution in [1.29, 1.82) is 0 Å². The third kappa shape index (κ3) is 4.64. The Morgan fingerprint density at radius 2 is 1.80 bits per heavy atom. The Morgan fingerprint density at radius 1 is 1.12 bits per heavy atom. The zero-order chi connectivity index (χ0) is 18.7. The lowest BCUT2D eigenvalue weighted by Crippen LogP contribution is -2.59. The van der Waals surface area contributed by atoms with E-state index in [0.717, 1.165) is 6.07 Å². The molecule has 0 aromatic heterocycles. The van der Waals surface area contributed by atoms with Crippen molar-refractivity contribution in [2.24, 2.45) is 0 Å². The number of phenols is 1. The Bertz CT molecular complexity index is 625. The van der Waals surface area contributed by atoms with Gasteiger partial charge in [-0.3, -0.25) is 0 Å². The standard InChI is InChI=1S/C14H16Cl2O9/c15-5-2-8(6(16)1-7(5)18)23-4-10(19)25-14-13(22)12(21)11(20)9(3-17)24-14/h1-2,9,11-14,17-18,20-22H,3-4H2/t9-,11-,12+,13-,14-/m1/s1. The zero-order valence-electron chi connectivity index (χ0n) is 12.6. The molecule has 9 nitrogen and oxygen atoms in total. The van der Waals surface area contributed by atoms with Crippen molar-refractivity contribution in [3.05, 3.63) is 22.2 Å². The number of halogens is 2. The molecule has 0 bridgehead atoms. The fourth-order valence-corrected chi connectivity index (χ4v) is 2.46. The Labute approximate surface area is 151 Å². The monoisotopic (exact) mass is 398 g/mol. The van der Waals surface area contributed by atoms with Gasteiger partial charge in [-0.1, -0.05) is 23.2 Å². The van der Waals surface area contributed by atoms with Crippen molar-refractivity contribution in [2.75, 3.05) is 13.2 Å². The Kier molecular flexibility index (Phi) is 6.69. The fourth-order valence-electron chi connectivity index (χ4n) is 2.09. The van der Waals surface area contributed by atoms with Gasteiger partial charge in [-0.05, 0) is 0 Å². The van der Waals surface area contributed by atoms with Gasteiger partial charge in [0.25, 0.3) is 0 Å². The molecule has 0 spiro atoms. The van der Waals surface area contributed by atoms with E-state index in [1.807, 2.05) is 0 Å². The molecule has 11 heteroatoms. The molecule has 25 heavy (non-hydrogen) atoms. The van der Waals surface area contributed by atoms with Crippen molar-refractivity contribution in [3.8, 4) is 11.5 Å². The summed E-state index contributed by atoms with van der Waals surface area (Å²) in [6.07, 6.45) is -7.76. The largest absolute Gasteiger partial charge is 0.506 e. The number of aliphatic hydroxyl groups is 4. The van der Waals surface area contributed by atoms with Crippen LogP contribution in [-0.4, -0.2) is 75.4 Å². The van der Waals surface area contributed by atoms with E-state index in [1.54, 1.807) is 0 Å². The third-order valence-corrected chi connectivity index (χ3v) is 4.04. The second-order valence-electron chi connectivity index (χ2n) is 5.21. The molecule has 1 aromatic rings. The molecule has 0 amide bonds. The number of aliphatic hydroxyl groups excluding tert-OH is 4. The number of aromatic hydroxyl groups is 1. The number of hydrogen-bond acceptors (Lipinski definition) is 9. The second kappa shape index (κ2) is 8.37. The number of esters is 1. The van der Waals surface area contributed by atoms with E-state index in [1.165, 1.54) is 6.07 Å². The van der Waals surface area contributed by atoms with Gasteiger partial charge >= 0.3 is 5.97 Å². The third-order valence-electron chi connectivity index (χ3n) is 3.44. The van der Waals surface area contributed by atoms with E-state index >= 15 is 0 Å². The van der Waals surface area contributed by atoms with Crippen molar-refractivity contribution in [3.63, 3.8) is 0 Å². The highest BCUT2D eigenvalue weighted by Gasteiger charge is 2.45. The predicted octanol–water partition coefficient (Wildman–Crippen LogP) is -0.579. The first-order valence-corrected chi connectivity index (χ1v) is 7.81. The molecular formula is C14H16Cl2O9. The molecule has 1 saturated heterocycles. The highest BCUT2D eigenvalue weighted by molar-refractivity contribution is 6.35. The summed E-state index contributed by atoms with van der Waals surface area (Å²) in [5.74, 6) is -1.23. The van der Waals surface area contributed by atoms with Gasteiger partial charge in [0.05, 0.1) is 16.7 Å². The van der Waals surface area contributed by atoms with Gasteiger partial charge < -0.3 is 39.7 Å². The van der Waals surface area contributed by atoms with E-state index in [0.29, 0.717) is 0 Å². The van der Waals surface area contributed by atoms with Crippen LogP contribution in [0.25, 0.3) is 0 Å². The van der Waals surface area contributed by atoms with Gasteiger partial charge in [0.15, 0.2) is 6.61 Å². The highest BCUT2D eigenvalue weighted by atomic mass is 35.5. The van der Waals surface area contributed by atoms with Crippen LogP contribution in [0, 0.1) is 0 Å². The molecule has 0 aliphatic carbocycles. The van der Waals surface area contributed by atoms with Crippen LogP contribution < -0.4 is 4.74 Å². The molecule has 1 aliphatic rings. The average Bonchev–Trinajstić information content (AvgIpc) is 2.57. The summed E-state index contributed by atoms with van der Waals surface area (Å²) >= 11 is 11.5. The topological polar surface area (TPSA) is 146 Å². The van der Waals surface area contributed by atoms with E-state index in [4.69, 9.17) is 42.5 Å². The maximum absolute atomic E-state index is 11.8. The van der Waals surface area contributed by atoms with Gasteiger partial charge in [-0.2, -0.15) is 0 Å². The van der Waals surface area contributed by atoms with Crippen molar-refractivity contribution in [1.82, 2.24) is 0 Å². The number of phenolic OH excluding ortho intramolecular Hbond substituents is 1. The molecule has 1 fully saturated rings. The van der Waals surface area contributed by atoms with Crippen LogP contribution in [0.2, 0.25) is 10.0 Å². The minimum absolute atomic E-state index is 0.00235. The molecule has 1 aliphatic heterocycles. The lowest BCUT2D eigenvalue weighted by atomic mass is 9.99. The zero-order valence-corrected chi connectivity index (χ0v) is 14.1. The maximum atomic E-state index is 11.8. The molecular weight excluding hydrogens is 383 g/mol. The summed E-state index contributed by atoms with van der Waals surface area (Å²) in [5.41, 5.74) is 0. The smallest absolute Gasteiger partial charge is 0.346 e. The first-order valence-electron chi connectivity index (χ1n) is 7.05. The number of carbonyl (C=O) groups is 1. The number of rotatable bonds is 5. The summed E-state index contributed by atoms with van der Waals surface area (Å²) in [6.45, 7) is -1.30. The van der Waals surface area contributed by atoms with Gasteiger partial charge in [0, 0.05) is 12.1 Å². The van der Waals surface area contributed by atoms with E-state index in [-0.39, 0.29) is 21.5 Å².